The van der Waals surface area contributed by atoms with E-state index < -0.39 is 17.8 Å². The Balaban J connectivity index is 2.47. The molecule has 1 aromatic carbocycles. The summed E-state index contributed by atoms with van der Waals surface area (Å²) in [5.41, 5.74) is -0.0142. The molecule has 24 heavy (non-hydrogen) atoms. The number of rotatable bonds is 10. The SMILES string of the molecule is CC(O)CCCC(O)CCCC=Cc1cc(O)cc(O)c1C(=O)O. The number of carboxylic acid groups (broad SMARTS) is 1. The molecular formula is C18H26O6. The molecule has 0 radical (unpaired) electrons. The number of aliphatic hydroxyl groups is 2. The number of aromatic carboxylic acids is 1. The molecule has 1 aromatic rings. The van der Waals surface area contributed by atoms with Crippen LogP contribution in [0.2, 0.25) is 0 Å². The normalized spacial score (nSPS) is 14.0. The minimum Gasteiger partial charge on any atom is -0.508 e. The minimum atomic E-state index is -1.26. The van der Waals surface area contributed by atoms with Gasteiger partial charge >= 0.3 is 5.97 Å². The molecule has 0 spiro atoms. The Kier molecular flexibility index (Phi) is 8.29. The molecule has 2 unspecified atom stereocenters. The van der Waals surface area contributed by atoms with E-state index in [0.717, 1.165) is 18.9 Å². The van der Waals surface area contributed by atoms with Crippen molar-refractivity contribution < 1.29 is 30.3 Å². The molecule has 0 amide bonds. The smallest absolute Gasteiger partial charge is 0.340 e. The largest absolute Gasteiger partial charge is 0.508 e. The third-order valence-electron chi connectivity index (χ3n) is 3.71. The van der Waals surface area contributed by atoms with Crippen molar-refractivity contribution >= 4 is 12.0 Å². The highest BCUT2D eigenvalue weighted by Gasteiger charge is 2.15. The highest BCUT2D eigenvalue weighted by molar-refractivity contribution is 5.95. The first-order valence-electron chi connectivity index (χ1n) is 8.13. The standard InChI is InChI=1S/C18H26O6/c1-12(19)6-5-9-14(20)8-4-2-3-7-13-10-15(21)11-16(22)17(13)18(23)24/h3,7,10-12,14,19-22H,2,4-6,8-9H2,1H3,(H,23,24). The third-order valence-corrected chi connectivity index (χ3v) is 3.71. The molecule has 134 valence electrons. The summed E-state index contributed by atoms with van der Waals surface area (Å²) in [7, 11) is 0. The molecule has 0 saturated heterocycles. The zero-order valence-electron chi connectivity index (χ0n) is 13.9. The fourth-order valence-corrected chi connectivity index (χ4v) is 2.47. The number of phenolic OH excluding ortho intramolecular Hbond substituents is 1. The fourth-order valence-electron chi connectivity index (χ4n) is 2.47. The van der Waals surface area contributed by atoms with Gasteiger partial charge in [-0.2, -0.15) is 0 Å². The van der Waals surface area contributed by atoms with Crippen LogP contribution in [0.25, 0.3) is 6.08 Å². The number of carboxylic acids is 1. The Morgan fingerprint density at radius 1 is 1.12 bits per heavy atom. The number of phenols is 2. The highest BCUT2D eigenvalue weighted by Crippen LogP contribution is 2.28. The predicted octanol–water partition coefficient (Wildman–Crippen LogP) is 2.89. The Labute approximate surface area is 141 Å². The van der Waals surface area contributed by atoms with E-state index in [0.29, 0.717) is 25.7 Å². The van der Waals surface area contributed by atoms with Crippen LogP contribution in [0.15, 0.2) is 18.2 Å². The van der Waals surface area contributed by atoms with Crippen molar-refractivity contribution in [3.63, 3.8) is 0 Å². The second-order valence-electron chi connectivity index (χ2n) is 6.00. The van der Waals surface area contributed by atoms with Crippen LogP contribution in [0.4, 0.5) is 0 Å². The summed E-state index contributed by atoms with van der Waals surface area (Å²) >= 11 is 0. The van der Waals surface area contributed by atoms with Crippen molar-refractivity contribution in [2.24, 2.45) is 0 Å². The quantitative estimate of drug-likeness (QED) is 0.419. The van der Waals surface area contributed by atoms with E-state index in [2.05, 4.69) is 0 Å². The van der Waals surface area contributed by atoms with Crippen LogP contribution in [0.3, 0.4) is 0 Å². The number of hydrogen-bond donors (Lipinski definition) is 5. The molecule has 5 N–H and O–H groups in total. The molecule has 2 atom stereocenters. The molecule has 0 aliphatic heterocycles. The predicted molar refractivity (Wildman–Crippen MR) is 91.2 cm³/mol. The van der Waals surface area contributed by atoms with Crippen LogP contribution in [0.1, 0.15) is 61.4 Å². The molecule has 6 heteroatoms. The van der Waals surface area contributed by atoms with Crippen LogP contribution in [0, 0.1) is 0 Å². The Bertz CT molecular complexity index is 565. The Morgan fingerprint density at radius 3 is 2.42 bits per heavy atom. The number of benzene rings is 1. The topological polar surface area (TPSA) is 118 Å². The van der Waals surface area contributed by atoms with Crippen LogP contribution >= 0.6 is 0 Å². The highest BCUT2D eigenvalue weighted by atomic mass is 16.4. The summed E-state index contributed by atoms with van der Waals surface area (Å²) < 4.78 is 0. The van der Waals surface area contributed by atoms with E-state index in [-0.39, 0.29) is 23.0 Å². The summed E-state index contributed by atoms with van der Waals surface area (Å²) in [6.45, 7) is 1.72. The molecular weight excluding hydrogens is 312 g/mol. The second-order valence-corrected chi connectivity index (χ2v) is 6.00. The zero-order valence-corrected chi connectivity index (χ0v) is 13.9. The monoisotopic (exact) mass is 338 g/mol. The summed E-state index contributed by atoms with van der Waals surface area (Å²) in [6.07, 6.45) is 6.65. The third kappa shape index (κ3) is 7.02. The first-order chi connectivity index (χ1) is 11.3. The average molecular weight is 338 g/mol. The lowest BCUT2D eigenvalue weighted by molar-refractivity contribution is 0.0693. The van der Waals surface area contributed by atoms with Gasteiger partial charge < -0.3 is 25.5 Å². The summed E-state index contributed by atoms with van der Waals surface area (Å²) in [5.74, 6) is -1.94. The molecule has 0 aliphatic carbocycles. The summed E-state index contributed by atoms with van der Waals surface area (Å²) in [4.78, 5) is 11.2. The number of aliphatic hydroxyl groups excluding tert-OH is 2. The first kappa shape index (κ1) is 20.0. The Hall–Kier alpha value is -2.05. The van der Waals surface area contributed by atoms with Gasteiger partial charge in [0.25, 0.3) is 0 Å². The maximum Gasteiger partial charge on any atom is 0.340 e. The molecule has 0 saturated carbocycles. The molecule has 0 bridgehead atoms. The summed E-state index contributed by atoms with van der Waals surface area (Å²) in [6, 6.07) is 2.27. The molecule has 0 aliphatic rings. The summed E-state index contributed by atoms with van der Waals surface area (Å²) in [5, 5.41) is 47.2. The molecule has 0 fully saturated rings. The van der Waals surface area contributed by atoms with E-state index in [1.807, 2.05) is 0 Å². The van der Waals surface area contributed by atoms with Gasteiger partial charge in [0, 0.05) is 6.07 Å². The van der Waals surface area contributed by atoms with E-state index in [1.54, 1.807) is 19.1 Å². The molecule has 6 nitrogen and oxygen atoms in total. The second kappa shape index (κ2) is 9.95. The van der Waals surface area contributed by atoms with Gasteiger partial charge in [-0.25, -0.2) is 4.79 Å². The molecule has 1 rings (SSSR count). The lowest BCUT2D eigenvalue weighted by Gasteiger charge is -2.10. The van der Waals surface area contributed by atoms with Gasteiger partial charge in [0.1, 0.15) is 17.1 Å². The Morgan fingerprint density at radius 2 is 1.79 bits per heavy atom. The lowest BCUT2D eigenvalue weighted by atomic mass is 10.0. The van der Waals surface area contributed by atoms with Crippen molar-refractivity contribution in [3.05, 3.63) is 29.3 Å². The van der Waals surface area contributed by atoms with Gasteiger partial charge in [-0.15, -0.1) is 0 Å². The molecule has 0 heterocycles. The van der Waals surface area contributed by atoms with Gasteiger partial charge in [0.05, 0.1) is 12.2 Å². The van der Waals surface area contributed by atoms with Crippen molar-refractivity contribution in [1.29, 1.82) is 0 Å². The first-order valence-corrected chi connectivity index (χ1v) is 8.13. The maximum absolute atomic E-state index is 11.2. The number of unbranched alkanes of at least 4 members (excludes halogenated alkanes) is 1. The van der Waals surface area contributed by atoms with E-state index >= 15 is 0 Å². The zero-order chi connectivity index (χ0) is 18.1. The van der Waals surface area contributed by atoms with Gasteiger partial charge in [-0.05, 0) is 57.1 Å². The van der Waals surface area contributed by atoms with Crippen LogP contribution < -0.4 is 0 Å². The number of hydrogen-bond acceptors (Lipinski definition) is 5. The van der Waals surface area contributed by atoms with Crippen molar-refractivity contribution in [1.82, 2.24) is 0 Å². The van der Waals surface area contributed by atoms with Gasteiger partial charge in [0.2, 0.25) is 0 Å². The van der Waals surface area contributed by atoms with E-state index in [1.165, 1.54) is 6.07 Å². The molecule has 0 aromatic heterocycles. The maximum atomic E-state index is 11.2. The minimum absolute atomic E-state index is 0.203. The van der Waals surface area contributed by atoms with Crippen molar-refractivity contribution in [3.8, 4) is 11.5 Å². The van der Waals surface area contributed by atoms with Gasteiger partial charge in [-0.3, -0.25) is 0 Å². The van der Waals surface area contributed by atoms with Crippen LogP contribution in [-0.4, -0.2) is 43.7 Å². The fraction of sp³-hybridized carbons (Fsp3) is 0.500. The van der Waals surface area contributed by atoms with Crippen molar-refractivity contribution in [2.45, 2.75) is 57.7 Å². The van der Waals surface area contributed by atoms with E-state index in [9.17, 15) is 20.1 Å². The number of aromatic hydroxyl groups is 2. The lowest BCUT2D eigenvalue weighted by Crippen LogP contribution is -2.08. The van der Waals surface area contributed by atoms with Crippen molar-refractivity contribution in [2.75, 3.05) is 0 Å². The van der Waals surface area contributed by atoms with E-state index in [4.69, 9.17) is 10.2 Å². The number of carbonyl (C=O) groups is 1. The number of allylic oxidation sites excluding steroid dienone is 1. The van der Waals surface area contributed by atoms with Crippen LogP contribution in [-0.2, 0) is 0 Å². The van der Waals surface area contributed by atoms with Crippen LogP contribution in [0.5, 0.6) is 11.5 Å². The van der Waals surface area contributed by atoms with Gasteiger partial charge in [0.15, 0.2) is 0 Å². The average Bonchev–Trinajstić information content (AvgIpc) is 2.45. The van der Waals surface area contributed by atoms with Gasteiger partial charge in [-0.1, -0.05) is 12.2 Å².